The highest BCUT2D eigenvalue weighted by molar-refractivity contribution is 9.10. The number of nitrogens with zero attached hydrogens (tertiary/aromatic N) is 2. The van der Waals surface area contributed by atoms with Crippen LogP contribution in [-0.4, -0.2) is 36.0 Å². The average Bonchev–Trinajstić information content (AvgIpc) is 3.40. The number of benzene rings is 3. The van der Waals surface area contributed by atoms with Crippen LogP contribution in [0.15, 0.2) is 96.5 Å². The number of halogens is 2. The molecule has 3 amide bonds. The quantitative estimate of drug-likeness (QED) is 0.275. The molecule has 220 valence electrons. The molecule has 10 nitrogen and oxygen atoms in total. The van der Waals surface area contributed by atoms with E-state index >= 15 is 0 Å². The number of thioether (sulfide) groups is 1. The maximum absolute atomic E-state index is 13.9. The van der Waals surface area contributed by atoms with Crippen LogP contribution < -0.4 is 20.2 Å². The van der Waals surface area contributed by atoms with Gasteiger partial charge in [-0.25, -0.2) is 18.5 Å². The Labute approximate surface area is 270 Å². The van der Waals surface area contributed by atoms with Crippen molar-refractivity contribution in [3.8, 4) is 0 Å². The highest BCUT2D eigenvalue weighted by Gasteiger charge is 2.56. The molecule has 0 bridgehead atoms. The second-order valence-electron chi connectivity index (χ2n) is 9.82. The summed E-state index contributed by atoms with van der Waals surface area (Å²) in [4.78, 5) is 55.4. The van der Waals surface area contributed by atoms with E-state index in [1.54, 1.807) is 24.3 Å². The third kappa shape index (κ3) is 5.65. The summed E-state index contributed by atoms with van der Waals surface area (Å²) in [6, 6.07) is 19.6. The lowest BCUT2D eigenvalue weighted by molar-refractivity contribution is -0.122. The molecule has 2 unspecified atom stereocenters. The second-order valence-corrected chi connectivity index (χ2v) is 15.3. The Morgan fingerprint density at radius 3 is 2.09 bits per heavy atom. The number of rotatable bonds is 6. The smallest absolute Gasteiger partial charge is 0.308 e. The molecule has 0 spiro atoms. The molecule has 4 aromatic rings. The number of hydrogen-bond acceptors (Lipinski definition) is 8. The van der Waals surface area contributed by atoms with Gasteiger partial charge < -0.3 is 5.32 Å². The maximum atomic E-state index is 13.9. The normalized spacial score (nSPS) is 19.7. The van der Waals surface area contributed by atoms with E-state index in [9.17, 15) is 27.6 Å². The Bertz CT molecular complexity index is 1940. The van der Waals surface area contributed by atoms with E-state index in [0.29, 0.717) is 21.3 Å². The number of imide groups is 1. The van der Waals surface area contributed by atoms with Gasteiger partial charge in [0.25, 0.3) is 0 Å². The van der Waals surface area contributed by atoms with Gasteiger partial charge in [-0.05, 0) is 66.2 Å². The number of fused-ring (bicyclic) bond motifs is 2. The molecule has 1 fully saturated rings. The first kappa shape index (κ1) is 30.0. The number of carbonyl (C=O) groups is 3. The van der Waals surface area contributed by atoms with Crippen LogP contribution in [-0.2, 0) is 31.0 Å². The van der Waals surface area contributed by atoms with Crippen LogP contribution in [0.3, 0.4) is 0 Å². The van der Waals surface area contributed by atoms with E-state index in [-0.39, 0.29) is 23.3 Å². The number of carbonyl (C=O) groups excluding carboxylic acids is 3. The molecule has 2 aliphatic rings. The lowest BCUT2D eigenvalue weighted by Gasteiger charge is -2.30. The van der Waals surface area contributed by atoms with E-state index < -0.39 is 37.9 Å². The number of aromatic nitrogens is 1. The van der Waals surface area contributed by atoms with Crippen LogP contribution in [0.4, 0.5) is 11.4 Å². The van der Waals surface area contributed by atoms with Crippen molar-refractivity contribution in [2.45, 2.75) is 27.6 Å². The molecule has 43 heavy (non-hydrogen) atoms. The summed E-state index contributed by atoms with van der Waals surface area (Å²) >= 11 is 8.90. The van der Waals surface area contributed by atoms with Crippen molar-refractivity contribution in [2.24, 2.45) is 11.1 Å². The van der Waals surface area contributed by atoms with E-state index in [0.717, 1.165) is 37.6 Å². The molecule has 3 aromatic carbocycles. The van der Waals surface area contributed by atoms with Gasteiger partial charge >= 0.3 is 4.87 Å². The minimum Gasteiger partial charge on any atom is -0.325 e. The monoisotopic (exact) mass is 762 g/mol. The van der Waals surface area contributed by atoms with Gasteiger partial charge in [-0.2, -0.15) is 0 Å². The van der Waals surface area contributed by atoms with Crippen molar-refractivity contribution in [2.75, 3.05) is 10.2 Å². The van der Waals surface area contributed by atoms with E-state index in [2.05, 4.69) is 37.2 Å². The van der Waals surface area contributed by atoms with Gasteiger partial charge in [-0.1, -0.05) is 67.1 Å². The summed E-state index contributed by atoms with van der Waals surface area (Å²) in [5.74, 6) is -2.61. The van der Waals surface area contributed by atoms with Crippen molar-refractivity contribution in [3.63, 3.8) is 0 Å². The number of sulfonamides is 1. The van der Waals surface area contributed by atoms with Crippen molar-refractivity contribution in [1.29, 1.82) is 0 Å². The van der Waals surface area contributed by atoms with Gasteiger partial charge in [-0.3, -0.25) is 23.7 Å². The van der Waals surface area contributed by atoms with Crippen molar-refractivity contribution >= 4 is 94.1 Å². The van der Waals surface area contributed by atoms with Crippen LogP contribution >= 0.6 is 55.0 Å². The standard InChI is InChI=1S/C28H20Br2N4O6S3/c29-15-3-1-14(2-4-15)21-22-23(26(37)34(25(22)36)18-9-5-16(30)6-10-18)41-27-24(21)42-28(38)33(27)13-20(35)32-17-7-11-19(12-8-17)43(31,39)40/h1-12,21-23H,13H2,(H,32,35)(H2,31,39,40)/t21-,22?,23?/m1/s1. The molecule has 0 aliphatic carbocycles. The summed E-state index contributed by atoms with van der Waals surface area (Å²) in [6.07, 6.45) is 0. The first-order chi connectivity index (χ1) is 20.4. The van der Waals surface area contributed by atoms with Gasteiger partial charge in [0.05, 0.1) is 21.5 Å². The molecule has 3 atom stereocenters. The molecule has 1 aromatic heterocycles. The number of anilines is 2. The first-order valence-corrected chi connectivity index (χ1v) is 17.5. The van der Waals surface area contributed by atoms with Crippen molar-refractivity contribution in [3.05, 3.63) is 102 Å². The third-order valence-electron chi connectivity index (χ3n) is 7.13. The zero-order valence-electron chi connectivity index (χ0n) is 21.8. The zero-order valence-corrected chi connectivity index (χ0v) is 27.4. The van der Waals surface area contributed by atoms with E-state index in [4.69, 9.17) is 5.14 Å². The van der Waals surface area contributed by atoms with Crippen LogP contribution in [0.2, 0.25) is 0 Å². The Morgan fingerprint density at radius 1 is 0.884 bits per heavy atom. The van der Waals surface area contributed by atoms with Gasteiger partial charge in [0.1, 0.15) is 11.8 Å². The third-order valence-corrected chi connectivity index (χ3v) is 11.7. The van der Waals surface area contributed by atoms with Gasteiger partial charge in [-0.15, -0.1) is 0 Å². The highest BCUT2D eigenvalue weighted by atomic mass is 79.9. The minimum atomic E-state index is -3.89. The topological polar surface area (TPSA) is 149 Å². The number of primary sulfonamides is 1. The summed E-state index contributed by atoms with van der Waals surface area (Å²) in [5, 5.41) is 7.44. The molecule has 15 heteroatoms. The summed E-state index contributed by atoms with van der Waals surface area (Å²) in [7, 11) is -3.89. The van der Waals surface area contributed by atoms with Crippen molar-refractivity contribution < 1.29 is 22.8 Å². The fourth-order valence-electron chi connectivity index (χ4n) is 5.20. The lowest BCUT2D eigenvalue weighted by Crippen LogP contribution is -2.33. The van der Waals surface area contributed by atoms with Crippen LogP contribution in [0.1, 0.15) is 16.4 Å². The zero-order chi connectivity index (χ0) is 30.6. The summed E-state index contributed by atoms with van der Waals surface area (Å²) < 4.78 is 26.0. The van der Waals surface area contributed by atoms with E-state index in [1.807, 2.05) is 24.3 Å². The molecular formula is C28H20Br2N4O6S3. The Hall–Kier alpha value is -3.08. The summed E-state index contributed by atoms with van der Waals surface area (Å²) in [6.45, 7) is -0.350. The fraction of sp³-hybridized carbons (Fsp3) is 0.143. The molecule has 3 heterocycles. The number of nitrogens with one attached hydrogen (secondary N) is 1. The number of thiazole rings is 1. The fourth-order valence-corrected chi connectivity index (χ4v) is 9.02. The SMILES string of the molecule is NS(=O)(=O)c1ccc(NC(=O)Cn2c3c(sc2=O)[C@H](c2ccc(Br)cc2)C2C(=O)N(c4ccc(Br)cc4)C(=O)C2S3)cc1. The molecule has 6 rings (SSSR count). The van der Waals surface area contributed by atoms with E-state index in [1.165, 1.54) is 33.7 Å². The average molecular weight is 764 g/mol. The van der Waals surface area contributed by atoms with Crippen molar-refractivity contribution in [1.82, 2.24) is 4.57 Å². The van der Waals surface area contributed by atoms with Crippen LogP contribution in [0.25, 0.3) is 0 Å². The van der Waals surface area contributed by atoms with Gasteiger partial charge in [0.15, 0.2) is 0 Å². The Kier molecular flexibility index (Phi) is 7.98. The highest BCUT2D eigenvalue weighted by Crippen LogP contribution is 2.54. The molecular weight excluding hydrogens is 744 g/mol. The molecule has 2 aliphatic heterocycles. The number of nitrogens with two attached hydrogens (primary N) is 1. The molecule has 3 N–H and O–H groups in total. The number of amides is 3. The van der Waals surface area contributed by atoms with Crippen LogP contribution in [0.5, 0.6) is 0 Å². The summed E-state index contributed by atoms with van der Waals surface area (Å²) in [5.41, 5.74) is 1.54. The molecule has 0 radical (unpaired) electrons. The van der Waals surface area contributed by atoms with Crippen LogP contribution in [0, 0.1) is 5.92 Å². The predicted octanol–water partition coefficient (Wildman–Crippen LogP) is 4.52. The number of hydrogen-bond donors (Lipinski definition) is 2. The second kappa shape index (κ2) is 11.4. The Balaban J connectivity index is 1.36. The minimum absolute atomic E-state index is 0.105. The molecule has 0 saturated carbocycles. The lowest BCUT2D eigenvalue weighted by atomic mass is 9.83. The van der Waals surface area contributed by atoms with Gasteiger partial charge in [0, 0.05) is 25.4 Å². The Morgan fingerprint density at radius 2 is 1.49 bits per heavy atom. The largest absolute Gasteiger partial charge is 0.325 e. The van der Waals surface area contributed by atoms with Gasteiger partial charge in [0.2, 0.25) is 27.7 Å². The molecule has 1 saturated heterocycles. The first-order valence-electron chi connectivity index (χ1n) is 12.6. The predicted molar refractivity (Wildman–Crippen MR) is 171 cm³/mol. The maximum Gasteiger partial charge on any atom is 0.308 e.